The third-order valence-corrected chi connectivity index (χ3v) is 4.77. The van der Waals surface area contributed by atoms with Crippen LogP contribution >= 0.6 is 0 Å². The zero-order valence-electron chi connectivity index (χ0n) is 12.7. The maximum absolute atomic E-state index is 6.36. The van der Waals surface area contributed by atoms with E-state index in [-0.39, 0.29) is 5.60 Å². The minimum absolute atomic E-state index is 0.00115. The van der Waals surface area contributed by atoms with Crippen molar-refractivity contribution >= 4 is 0 Å². The van der Waals surface area contributed by atoms with E-state index in [0.717, 1.165) is 6.54 Å². The van der Waals surface area contributed by atoms with Crippen molar-refractivity contribution in [2.24, 2.45) is 5.41 Å². The van der Waals surface area contributed by atoms with E-state index in [4.69, 9.17) is 4.74 Å². The van der Waals surface area contributed by atoms with Gasteiger partial charge in [0.2, 0.25) is 0 Å². The van der Waals surface area contributed by atoms with Crippen LogP contribution in [0.4, 0.5) is 0 Å². The molecule has 1 N–H and O–H groups in total. The summed E-state index contributed by atoms with van der Waals surface area (Å²) >= 11 is 0. The van der Waals surface area contributed by atoms with Gasteiger partial charge in [-0.1, -0.05) is 32.6 Å². The van der Waals surface area contributed by atoms with Crippen LogP contribution in [0.1, 0.15) is 72.6 Å². The average Bonchev–Trinajstić information content (AvgIpc) is 2.53. The Morgan fingerprint density at radius 3 is 2.22 bits per heavy atom. The first kappa shape index (κ1) is 14.3. The SMILES string of the molecule is CCNC1CC(OC(C)(C)C)C12CCCCCC2. The quantitative estimate of drug-likeness (QED) is 0.824. The van der Waals surface area contributed by atoms with Crippen LogP contribution in [0.25, 0.3) is 0 Å². The van der Waals surface area contributed by atoms with Crippen molar-refractivity contribution in [2.45, 2.75) is 90.4 Å². The molecule has 0 aromatic heterocycles. The number of hydrogen-bond acceptors (Lipinski definition) is 2. The molecule has 0 aromatic carbocycles. The van der Waals surface area contributed by atoms with Gasteiger partial charge in [0.1, 0.15) is 0 Å². The van der Waals surface area contributed by atoms with Crippen LogP contribution in [0.3, 0.4) is 0 Å². The molecule has 2 unspecified atom stereocenters. The van der Waals surface area contributed by atoms with Crippen molar-refractivity contribution in [3.8, 4) is 0 Å². The largest absolute Gasteiger partial charge is 0.372 e. The second-order valence-electron chi connectivity index (χ2n) is 7.21. The Morgan fingerprint density at radius 2 is 1.72 bits per heavy atom. The second kappa shape index (κ2) is 5.50. The van der Waals surface area contributed by atoms with Crippen molar-refractivity contribution < 1.29 is 4.74 Å². The highest BCUT2D eigenvalue weighted by molar-refractivity contribution is 5.08. The lowest BCUT2D eigenvalue weighted by Crippen LogP contribution is -2.64. The fourth-order valence-electron chi connectivity index (χ4n) is 3.93. The number of rotatable bonds is 3. The molecule has 2 aliphatic rings. The molecule has 0 bridgehead atoms. The van der Waals surface area contributed by atoms with Crippen molar-refractivity contribution in [3.05, 3.63) is 0 Å². The Kier molecular flexibility index (Phi) is 4.38. The summed E-state index contributed by atoms with van der Waals surface area (Å²) in [5.74, 6) is 0. The van der Waals surface area contributed by atoms with Gasteiger partial charge in [-0.05, 0) is 46.6 Å². The topological polar surface area (TPSA) is 21.3 Å². The molecular formula is C16H31NO. The molecule has 2 heteroatoms. The summed E-state index contributed by atoms with van der Waals surface area (Å²) < 4.78 is 6.36. The van der Waals surface area contributed by atoms with Crippen molar-refractivity contribution in [2.75, 3.05) is 6.54 Å². The summed E-state index contributed by atoms with van der Waals surface area (Å²) in [6.07, 6.45) is 10.1. The zero-order valence-corrected chi connectivity index (χ0v) is 12.7. The van der Waals surface area contributed by atoms with Gasteiger partial charge in [0.05, 0.1) is 11.7 Å². The van der Waals surface area contributed by atoms with Crippen LogP contribution in [-0.2, 0) is 4.74 Å². The lowest BCUT2D eigenvalue weighted by molar-refractivity contribution is -0.191. The van der Waals surface area contributed by atoms with Gasteiger partial charge < -0.3 is 10.1 Å². The van der Waals surface area contributed by atoms with Gasteiger partial charge in [-0.2, -0.15) is 0 Å². The first-order valence-corrected chi connectivity index (χ1v) is 7.89. The predicted octanol–water partition coefficient (Wildman–Crippen LogP) is 3.89. The monoisotopic (exact) mass is 253 g/mol. The van der Waals surface area contributed by atoms with Gasteiger partial charge in [-0.15, -0.1) is 0 Å². The lowest BCUT2D eigenvalue weighted by Gasteiger charge is -2.57. The van der Waals surface area contributed by atoms with E-state index in [2.05, 4.69) is 33.0 Å². The molecule has 0 radical (unpaired) electrons. The van der Waals surface area contributed by atoms with Crippen LogP contribution in [0, 0.1) is 5.41 Å². The van der Waals surface area contributed by atoms with E-state index in [1.54, 1.807) is 0 Å². The van der Waals surface area contributed by atoms with Crippen molar-refractivity contribution in [3.63, 3.8) is 0 Å². The van der Waals surface area contributed by atoms with Gasteiger partial charge in [-0.3, -0.25) is 0 Å². The highest BCUT2D eigenvalue weighted by Crippen LogP contribution is 2.53. The normalized spacial score (nSPS) is 32.0. The van der Waals surface area contributed by atoms with E-state index < -0.39 is 0 Å². The van der Waals surface area contributed by atoms with Gasteiger partial charge in [-0.25, -0.2) is 0 Å². The summed E-state index contributed by atoms with van der Waals surface area (Å²) in [7, 11) is 0. The standard InChI is InChI=1S/C16H31NO/c1-5-17-13-12-14(18-15(2,3)4)16(13)10-8-6-7-9-11-16/h13-14,17H,5-12H2,1-4H3. The fourth-order valence-corrected chi connectivity index (χ4v) is 3.93. The third-order valence-electron chi connectivity index (χ3n) is 4.77. The maximum atomic E-state index is 6.36. The highest BCUT2D eigenvalue weighted by Gasteiger charge is 2.55. The smallest absolute Gasteiger partial charge is 0.0668 e. The summed E-state index contributed by atoms with van der Waals surface area (Å²) in [5, 5.41) is 3.71. The Bertz CT molecular complexity index is 261. The van der Waals surface area contributed by atoms with Crippen molar-refractivity contribution in [1.82, 2.24) is 5.32 Å². The minimum atomic E-state index is 0.00115. The van der Waals surface area contributed by atoms with E-state index in [0.29, 0.717) is 17.6 Å². The summed E-state index contributed by atoms with van der Waals surface area (Å²) in [5.41, 5.74) is 0.445. The second-order valence-corrected chi connectivity index (χ2v) is 7.21. The summed E-state index contributed by atoms with van der Waals surface area (Å²) in [4.78, 5) is 0. The van der Waals surface area contributed by atoms with Crippen LogP contribution in [-0.4, -0.2) is 24.3 Å². The maximum Gasteiger partial charge on any atom is 0.0668 e. The van der Waals surface area contributed by atoms with E-state index in [1.807, 2.05) is 0 Å². The molecule has 2 nitrogen and oxygen atoms in total. The van der Waals surface area contributed by atoms with Crippen molar-refractivity contribution in [1.29, 1.82) is 0 Å². The lowest BCUT2D eigenvalue weighted by atomic mass is 9.57. The molecule has 0 amide bonds. The molecule has 2 rings (SSSR count). The number of ether oxygens (including phenoxy) is 1. The van der Waals surface area contributed by atoms with Gasteiger partial charge in [0.15, 0.2) is 0 Å². The fraction of sp³-hybridized carbons (Fsp3) is 1.00. The molecule has 2 atom stereocenters. The molecule has 2 fully saturated rings. The van der Waals surface area contributed by atoms with Gasteiger partial charge in [0, 0.05) is 11.5 Å². The molecule has 106 valence electrons. The predicted molar refractivity (Wildman–Crippen MR) is 76.8 cm³/mol. The Balaban J connectivity index is 2.07. The molecular weight excluding hydrogens is 222 g/mol. The number of hydrogen-bond donors (Lipinski definition) is 1. The zero-order chi connectivity index (χ0) is 13.2. The first-order chi connectivity index (χ1) is 8.48. The highest BCUT2D eigenvalue weighted by atomic mass is 16.5. The van der Waals surface area contributed by atoms with Crippen LogP contribution in [0.2, 0.25) is 0 Å². The molecule has 18 heavy (non-hydrogen) atoms. The Morgan fingerprint density at radius 1 is 1.11 bits per heavy atom. The number of nitrogens with one attached hydrogen (secondary N) is 1. The molecule has 0 heterocycles. The molecule has 0 saturated heterocycles. The molecule has 2 aliphatic carbocycles. The Hall–Kier alpha value is -0.0800. The summed E-state index contributed by atoms with van der Waals surface area (Å²) in [6, 6.07) is 0.702. The van der Waals surface area contributed by atoms with Gasteiger partial charge in [0.25, 0.3) is 0 Å². The minimum Gasteiger partial charge on any atom is -0.372 e. The molecule has 0 aliphatic heterocycles. The van der Waals surface area contributed by atoms with Crippen LogP contribution in [0.5, 0.6) is 0 Å². The molecule has 0 aromatic rings. The van der Waals surface area contributed by atoms with Gasteiger partial charge >= 0.3 is 0 Å². The van der Waals surface area contributed by atoms with E-state index in [1.165, 1.54) is 44.9 Å². The third kappa shape index (κ3) is 2.91. The molecule has 1 spiro atoms. The van der Waals surface area contributed by atoms with Crippen LogP contribution < -0.4 is 5.32 Å². The van der Waals surface area contributed by atoms with Crippen LogP contribution in [0.15, 0.2) is 0 Å². The Labute approximate surface area is 113 Å². The molecule has 2 saturated carbocycles. The summed E-state index contributed by atoms with van der Waals surface area (Å²) in [6.45, 7) is 9.89. The van der Waals surface area contributed by atoms with E-state index >= 15 is 0 Å². The first-order valence-electron chi connectivity index (χ1n) is 7.89. The average molecular weight is 253 g/mol. The van der Waals surface area contributed by atoms with E-state index in [9.17, 15) is 0 Å².